The lowest BCUT2D eigenvalue weighted by Gasteiger charge is -2.36. The first-order chi connectivity index (χ1) is 16.9. The van der Waals surface area contributed by atoms with E-state index < -0.39 is 6.03 Å². The van der Waals surface area contributed by atoms with Gasteiger partial charge in [0.05, 0.1) is 35.0 Å². The number of hydrogen-bond donors (Lipinski definition) is 3. The number of anilines is 2. The molecule has 1 aliphatic rings. The molecule has 0 radical (unpaired) electrons. The number of benzene rings is 3. The number of amides is 2. The molecule has 0 spiro atoms. The molecule has 35 heavy (non-hydrogen) atoms. The highest BCUT2D eigenvalue weighted by molar-refractivity contribution is 6.32. The Labute approximate surface area is 207 Å². The van der Waals surface area contributed by atoms with Crippen molar-refractivity contribution >= 4 is 29.1 Å². The highest BCUT2D eigenvalue weighted by atomic mass is 35.5. The van der Waals surface area contributed by atoms with Crippen LogP contribution < -0.4 is 15.4 Å². The van der Waals surface area contributed by atoms with E-state index in [0.29, 0.717) is 36.2 Å². The normalized spacial score (nSPS) is 14.1. The molecule has 1 saturated heterocycles. The first kappa shape index (κ1) is 22.8. The number of carbonyl (C=O) groups excluding carboxylic acids is 1. The molecule has 178 valence electrons. The van der Waals surface area contributed by atoms with Crippen LogP contribution in [0, 0.1) is 0 Å². The Kier molecular flexibility index (Phi) is 6.07. The molecular formula is C26H23ClN4O4. The van der Waals surface area contributed by atoms with Crippen LogP contribution in [0.3, 0.4) is 0 Å². The van der Waals surface area contributed by atoms with E-state index in [9.17, 15) is 9.90 Å². The number of ether oxygens (including phenoxy) is 2. The maximum atomic E-state index is 12.8. The number of aromatic hydroxyl groups is 1. The Bertz CT molecular complexity index is 1350. The van der Waals surface area contributed by atoms with Gasteiger partial charge in [0.25, 0.3) is 0 Å². The number of urea groups is 1. The summed E-state index contributed by atoms with van der Waals surface area (Å²) in [5.74, 6) is 1.81. The summed E-state index contributed by atoms with van der Waals surface area (Å²) in [6, 6.07) is 22.7. The van der Waals surface area contributed by atoms with Gasteiger partial charge in [0.2, 0.25) is 0 Å². The van der Waals surface area contributed by atoms with E-state index in [1.54, 1.807) is 41.1 Å². The number of halogens is 1. The van der Waals surface area contributed by atoms with Gasteiger partial charge in [-0.25, -0.2) is 9.48 Å². The fourth-order valence-corrected chi connectivity index (χ4v) is 3.83. The second kappa shape index (κ2) is 9.32. The van der Waals surface area contributed by atoms with Gasteiger partial charge in [-0.1, -0.05) is 29.8 Å². The van der Waals surface area contributed by atoms with Gasteiger partial charge in [-0.15, -0.1) is 0 Å². The summed E-state index contributed by atoms with van der Waals surface area (Å²) in [7, 11) is 0. The molecule has 0 atom stereocenters. The highest BCUT2D eigenvalue weighted by Crippen LogP contribution is 2.34. The summed E-state index contributed by atoms with van der Waals surface area (Å²) in [5, 5.41) is 20.3. The van der Waals surface area contributed by atoms with Crippen LogP contribution >= 0.6 is 11.6 Å². The minimum atomic E-state index is -0.436. The molecule has 2 heterocycles. The van der Waals surface area contributed by atoms with Crippen molar-refractivity contribution in [3.05, 3.63) is 89.6 Å². The topological polar surface area (TPSA) is 97.6 Å². The minimum Gasteiger partial charge on any atom is -0.506 e. The molecule has 1 fully saturated rings. The minimum absolute atomic E-state index is 0.0332. The molecule has 9 heteroatoms. The quantitative estimate of drug-likeness (QED) is 0.310. The predicted octanol–water partition coefficient (Wildman–Crippen LogP) is 5.96. The Hall–Kier alpha value is -4.01. The van der Waals surface area contributed by atoms with Crippen molar-refractivity contribution in [3.8, 4) is 22.9 Å². The molecule has 8 nitrogen and oxygen atoms in total. The molecule has 0 unspecified atom stereocenters. The maximum absolute atomic E-state index is 12.8. The average Bonchev–Trinajstić information content (AvgIpc) is 3.25. The highest BCUT2D eigenvalue weighted by Gasteiger charge is 2.38. The van der Waals surface area contributed by atoms with E-state index in [4.69, 9.17) is 26.2 Å². The first-order valence-electron chi connectivity index (χ1n) is 11.0. The first-order valence-corrected chi connectivity index (χ1v) is 11.4. The van der Waals surface area contributed by atoms with Crippen molar-refractivity contribution in [1.82, 2.24) is 9.78 Å². The van der Waals surface area contributed by atoms with Gasteiger partial charge in [0.15, 0.2) is 0 Å². The second-order valence-electron chi connectivity index (χ2n) is 8.53. The summed E-state index contributed by atoms with van der Waals surface area (Å²) in [6.07, 6.45) is 0. The van der Waals surface area contributed by atoms with Gasteiger partial charge in [0, 0.05) is 11.8 Å². The summed E-state index contributed by atoms with van der Waals surface area (Å²) in [4.78, 5) is 12.8. The molecule has 0 bridgehead atoms. The summed E-state index contributed by atoms with van der Waals surface area (Å²) in [5.41, 5.74) is 1.74. The molecular weight excluding hydrogens is 468 g/mol. The number of nitrogens with zero attached hydrogens (tertiary/aromatic N) is 2. The monoisotopic (exact) mass is 490 g/mol. The van der Waals surface area contributed by atoms with Crippen LogP contribution in [0.15, 0.2) is 78.9 Å². The third-order valence-corrected chi connectivity index (χ3v) is 5.98. The van der Waals surface area contributed by atoms with Crippen molar-refractivity contribution in [2.75, 3.05) is 23.8 Å². The Morgan fingerprint density at radius 1 is 1.03 bits per heavy atom. The number of nitrogens with one attached hydrogen (secondary N) is 2. The SMILES string of the molecule is CC1(c2cc(NC(=O)Nc3ccc(Oc4ccccc4)cc3)n(-c3ccc(O)c(Cl)c3)n2)COC1. The fourth-order valence-electron chi connectivity index (χ4n) is 3.66. The zero-order valence-electron chi connectivity index (χ0n) is 18.9. The van der Waals surface area contributed by atoms with Crippen LogP contribution in [0.5, 0.6) is 17.2 Å². The van der Waals surface area contributed by atoms with E-state index >= 15 is 0 Å². The smallest absolute Gasteiger partial charge is 0.324 e. The van der Waals surface area contributed by atoms with Crippen LogP contribution in [-0.2, 0) is 10.2 Å². The van der Waals surface area contributed by atoms with Crippen molar-refractivity contribution in [2.24, 2.45) is 0 Å². The third-order valence-electron chi connectivity index (χ3n) is 5.68. The number of para-hydroxylation sites is 1. The third kappa shape index (κ3) is 4.94. The lowest BCUT2D eigenvalue weighted by atomic mass is 9.85. The summed E-state index contributed by atoms with van der Waals surface area (Å²) >= 11 is 6.11. The Morgan fingerprint density at radius 3 is 2.40 bits per heavy atom. The second-order valence-corrected chi connectivity index (χ2v) is 8.94. The summed E-state index contributed by atoms with van der Waals surface area (Å²) < 4.78 is 12.7. The zero-order valence-corrected chi connectivity index (χ0v) is 19.6. The van der Waals surface area contributed by atoms with E-state index in [0.717, 1.165) is 11.4 Å². The number of hydrogen-bond acceptors (Lipinski definition) is 5. The molecule has 0 aliphatic carbocycles. The van der Waals surface area contributed by atoms with Gasteiger partial charge >= 0.3 is 6.03 Å². The lowest BCUT2D eigenvalue weighted by Crippen LogP contribution is -2.44. The zero-order chi connectivity index (χ0) is 24.4. The number of phenolic OH excluding ortho intramolecular Hbond substituents is 1. The molecule has 4 aromatic rings. The van der Waals surface area contributed by atoms with Crippen LogP contribution in [0.4, 0.5) is 16.3 Å². The van der Waals surface area contributed by atoms with Crippen LogP contribution in [-0.4, -0.2) is 34.1 Å². The number of carbonyl (C=O) groups is 1. The van der Waals surface area contributed by atoms with Gasteiger partial charge in [-0.2, -0.15) is 5.10 Å². The maximum Gasteiger partial charge on any atom is 0.324 e. The summed E-state index contributed by atoms with van der Waals surface area (Å²) in [6.45, 7) is 3.14. The van der Waals surface area contributed by atoms with E-state index in [2.05, 4.69) is 17.6 Å². The molecule has 0 saturated carbocycles. The largest absolute Gasteiger partial charge is 0.506 e. The number of rotatable bonds is 6. The molecule has 1 aromatic heterocycles. The Balaban J connectivity index is 1.33. The van der Waals surface area contributed by atoms with Gasteiger partial charge < -0.3 is 19.9 Å². The van der Waals surface area contributed by atoms with Crippen molar-refractivity contribution in [3.63, 3.8) is 0 Å². The fraction of sp³-hybridized carbons (Fsp3) is 0.154. The lowest BCUT2D eigenvalue weighted by molar-refractivity contribution is -0.0522. The molecule has 5 rings (SSSR count). The predicted molar refractivity (Wildman–Crippen MR) is 134 cm³/mol. The average molecular weight is 491 g/mol. The Morgan fingerprint density at radius 2 is 1.74 bits per heavy atom. The van der Waals surface area contributed by atoms with Crippen molar-refractivity contribution < 1.29 is 19.4 Å². The van der Waals surface area contributed by atoms with Gasteiger partial charge in [-0.05, 0) is 61.5 Å². The molecule has 3 aromatic carbocycles. The molecule has 2 amide bonds. The van der Waals surface area contributed by atoms with Crippen molar-refractivity contribution in [1.29, 1.82) is 0 Å². The standard InChI is InChI=1S/C26H23ClN4O4/c1-26(15-34-16-26)23-14-24(31(30-23)18-9-12-22(32)21(27)13-18)29-25(33)28-17-7-10-20(11-8-17)35-19-5-3-2-4-6-19/h2-14,32H,15-16H2,1H3,(H2,28,29,33). The van der Waals surface area contributed by atoms with Gasteiger partial charge in [-0.3, -0.25) is 5.32 Å². The van der Waals surface area contributed by atoms with Gasteiger partial charge in [0.1, 0.15) is 23.1 Å². The van der Waals surface area contributed by atoms with Crippen LogP contribution in [0.25, 0.3) is 5.69 Å². The van der Waals surface area contributed by atoms with Crippen LogP contribution in [0.2, 0.25) is 5.02 Å². The van der Waals surface area contributed by atoms with Crippen LogP contribution in [0.1, 0.15) is 12.6 Å². The van der Waals surface area contributed by atoms with E-state index in [-0.39, 0.29) is 16.2 Å². The molecule has 1 aliphatic heterocycles. The number of aromatic nitrogens is 2. The van der Waals surface area contributed by atoms with E-state index in [1.807, 2.05) is 36.4 Å². The number of phenols is 1. The van der Waals surface area contributed by atoms with Crippen molar-refractivity contribution in [2.45, 2.75) is 12.3 Å². The van der Waals surface area contributed by atoms with E-state index in [1.165, 1.54) is 6.07 Å². The molecule has 3 N–H and O–H groups in total.